The summed E-state index contributed by atoms with van der Waals surface area (Å²) >= 11 is 14.4. The molecule has 188 valence electrons. The van der Waals surface area contributed by atoms with Crippen LogP contribution in [0.3, 0.4) is 0 Å². The number of halogens is 3. The molecule has 0 bridgehead atoms. The lowest BCUT2D eigenvalue weighted by molar-refractivity contribution is 0.194. The first kappa shape index (κ1) is 25.4. The van der Waals surface area contributed by atoms with Crippen LogP contribution in [0.2, 0.25) is 10.0 Å². The number of thioether (sulfide) groups is 1. The molecular formula is C28H22Cl2FN3O2S. The zero-order chi connectivity index (χ0) is 25.9. The van der Waals surface area contributed by atoms with E-state index in [4.69, 9.17) is 27.9 Å². The van der Waals surface area contributed by atoms with Crippen molar-refractivity contribution < 1.29 is 13.9 Å². The molecule has 1 atom stereocenters. The SMILES string of the molecule is C[C@@H](NC(=O)Oc1nn(-c2ccc(Cl)cc2Cl)c2c1CSC/C2=C\c1ccc(F)cc1)c1ccccc1. The summed E-state index contributed by atoms with van der Waals surface area (Å²) in [5.41, 5.74) is 4.91. The van der Waals surface area contributed by atoms with E-state index in [9.17, 15) is 9.18 Å². The van der Waals surface area contributed by atoms with E-state index in [1.165, 1.54) is 12.1 Å². The lowest BCUT2D eigenvalue weighted by atomic mass is 10.1. The highest BCUT2D eigenvalue weighted by Gasteiger charge is 2.29. The Hall–Kier alpha value is -3.26. The quantitative estimate of drug-likeness (QED) is 0.272. The Morgan fingerprint density at radius 3 is 2.59 bits per heavy atom. The van der Waals surface area contributed by atoms with Crippen molar-refractivity contribution in [3.8, 4) is 11.6 Å². The van der Waals surface area contributed by atoms with Crippen LogP contribution in [0.15, 0.2) is 72.8 Å². The summed E-state index contributed by atoms with van der Waals surface area (Å²) in [6, 6.07) is 20.8. The molecule has 5 nitrogen and oxygen atoms in total. The fourth-order valence-electron chi connectivity index (χ4n) is 4.12. The van der Waals surface area contributed by atoms with E-state index < -0.39 is 6.09 Å². The molecule has 37 heavy (non-hydrogen) atoms. The monoisotopic (exact) mass is 553 g/mol. The predicted molar refractivity (Wildman–Crippen MR) is 148 cm³/mol. The number of aromatic nitrogens is 2. The summed E-state index contributed by atoms with van der Waals surface area (Å²) in [6.45, 7) is 1.89. The van der Waals surface area contributed by atoms with E-state index in [2.05, 4.69) is 10.4 Å². The number of amides is 1. The molecule has 0 radical (unpaired) electrons. The molecule has 0 aliphatic carbocycles. The number of benzene rings is 3. The minimum absolute atomic E-state index is 0.205. The number of rotatable bonds is 5. The van der Waals surface area contributed by atoms with E-state index >= 15 is 0 Å². The molecule has 9 heteroatoms. The average Bonchev–Trinajstić information content (AvgIpc) is 3.24. The molecule has 0 unspecified atom stereocenters. The van der Waals surface area contributed by atoms with Crippen molar-refractivity contribution >= 4 is 52.7 Å². The highest BCUT2D eigenvalue weighted by atomic mass is 35.5. The van der Waals surface area contributed by atoms with Crippen molar-refractivity contribution in [1.82, 2.24) is 15.1 Å². The fraction of sp³-hybridized carbons (Fsp3) is 0.143. The lowest BCUT2D eigenvalue weighted by Crippen LogP contribution is -2.30. The molecule has 1 amide bonds. The van der Waals surface area contributed by atoms with Gasteiger partial charge in [0.2, 0.25) is 5.88 Å². The second kappa shape index (κ2) is 11.0. The van der Waals surface area contributed by atoms with Crippen LogP contribution in [0.1, 0.15) is 35.3 Å². The van der Waals surface area contributed by atoms with Gasteiger partial charge in [0, 0.05) is 16.5 Å². The van der Waals surface area contributed by atoms with Crippen LogP contribution in [0.5, 0.6) is 5.88 Å². The number of carbonyl (C=O) groups excluding carboxylic acids is 1. The summed E-state index contributed by atoms with van der Waals surface area (Å²) < 4.78 is 20.9. The number of ether oxygens (including phenoxy) is 1. The average molecular weight is 554 g/mol. The molecule has 1 aliphatic heterocycles. The van der Waals surface area contributed by atoms with Crippen molar-refractivity contribution in [2.75, 3.05) is 5.75 Å². The molecule has 1 N–H and O–H groups in total. The molecule has 1 aliphatic rings. The first-order valence-corrected chi connectivity index (χ1v) is 13.4. The summed E-state index contributed by atoms with van der Waals surface area (Å²) in [6.07, 6.45) is 1.37. The molecule has 2 heterocycles. The third-order valence-corrected chi connectivity index (χ3v) is 7.47. The summed E-state index contributed by atoms with van der Waals surface area (Å²) in [7, 11) is 0. The molecular weight excluding hydrogens is 532 g/mol. The number of nitrogens with zero attached hydrogens (tertiary/aromatic N) is 2. The zero-order valence-corrected chi connectivity index (χ0v) is 22.1. The third-order valence-electron chi connectivity index (χ3n) is 5.93. The van der Waals surface area contributed by atoms with Gasteiger partial charge in [0.05, 0.1) is 28.0 Å². The van der Waals surface area contributed by atoms with E-state index in [0.29, 0.717) is 27.2 Å². The fourth-order valence-corrected chi connectivity index (χ4v) is 5.62. The van der Waals surface area contributed by atoms with E-state index in [0.717, 1.165) is 28.0 Å². The molecule has 1 aromatic heterocycles. The molecule has 0 saturated heterocycles. The molecule has 0 saturated carbocycles. The van der Waals surface area contributed by atoms with Gasteiger partial charge in [0.25, 0.3) is 0 Å². The van der Waals surface area contributed by atoms with Gasteiger partial charge in [-0.15, -0.1) is 5.10 Å². The van der Waals surface area contributed by atoms with Gasteiger partial charge in [-0.2, -0.15) is 11.8 Å². The van der Waals surface area contributed by atoms with Gasteiger partial charge in [-0.25, -0.2) is 13.9 Å². The van der Waals surface area contributed by atoms with E-state index in [1.807, 2.05) is 43.3 Å². The second-order valence-corrected chi connectivity index (χ2v) is 10.3. The van der Waals surface area contributed by atoms with Crippen molar-refractivity contribution in [1.29, 1.82) is 0 Å². The summed E-state index contributed by atoms with van der Waals surface area (Å²) in [5.74, 6) is 1.19. The van der Waals surface area contributed by atoms with E-state index in [-0.39, 0.29) is 17.7 Å². The van der Waals surface area contributed by atoms with Crippen molar-refractivity contribution in [3.63, 3.8) is 0 Å². The van der Waals surface area contributed by atoms with Crippen LogP contribution in [-0.2, 0) is 5.75 Å². The summed E-state index contributed by atoms with van der Waals surface area (Å²) in [4.78, 5) is 12.9. The van der Waals surface area contributed by atoms with Crippen LogP contribution in [0.4, 0.5) is 9.18 Å². The van der Waals surface area contributed by atoms with Crippen molar-refractivity contribution in [2.24, 2.45) is 0 Å². The van der Waals surface area contributed by atoms with Crippen LogP contribution >= 0.6 is 35.0 Å². The van der Waals surface area contributed by atoms with Gasteiger partial charge in [-0.3, -0.25) is 0 Å². The topological polar surface area (TPSA) is 56.1 Å². The predicted octanol–water partition coefficient (Wildman–Crippen LogP) is 7.96. The maximum absolute atomic E-state index is 13.5. The highest BCUT2D eigenvalue weighted by Crippen LogP contribution is 2.41. The maximum Gasteiger partial charge on any atom is 0.414 e. The standard InChI is InChI=1S/C28H22Cl2FN3O2S/c1-17(19-5-3-2-4-6-19)32-28(35)36-27-23-16-37-15-20(13-18-7-10-22(31)11-8-18)26(23)34(33-27)25-12-9-21(29)14-24(25)30/h2-14,17H,15-16H2,1H3,(H,32,35)/b20-13+/t17-/m1/s1. The second-order valence-electron chi connectivity index (χ2n) is 8.52. The highest BCUT2D eigenvalue weighted by molar-refractivity contribution is 7.99. The van der Waals surface area contributed by atoms with Gasteiger partial charge in [-0.05, 0) is 60.0 Å². The summed E-state index contributed by atoms with van der Waals surface area (Å²) in [5, 5.41) is 8.44. The Bertz CT molecular complexity index is 1470. The zero-order valence-electron chi connectivity index (χ0n) is 19.8. The molecule has 0 spiro atoms. The van der Waals surface area contributed by atoms with Gasteiger partial charge >= 0.3 is 6.09 Å². The number of hydrogen-bond acceptors (Lipinski definition) is 4. The number of carbonyl (C=O) groups is 1. The van der Waals surface area contributed by atoms with Crippen LogP contribution < -0.4 is 10.1 Å². The first-order valence-electron chi connectivity index (χ1n) is 11.5. The maximum atomic E-state index is 13.5. The van der Waals surface area contributed by atoms with Crippen LogP contribution in [0.25, 0.3) is 17.3 Å². The Morgan fingerprint density at radius 1 is 1.11 bits per heavy atom. The third kappa shape index (κ3) is 5.69. The molecule has 4 aromatic rings. The van der Waals surface area contributed by atoms with Crippen LogP contribution in [-0.4, -0.2) is 21.6 Å². The molecule has 3 aromatic carbocycles. The van der Waals surface area contributed by atoms with Gasteiger partial charge < -0.3 is 10.1 Å². The normalized spacial score (nSPS) is 14.8. The smallest absolute Gasteiger partial charge is 0.389 e. The Balaban J connectivity index is 1.54. The van der Waals surface area contributed by atoms with Gasteiger partial charge in [-0.1, -0.05) is 65.7 Å². The molecule has 5 rings (SSSR count). The molecule has 0 fully saturated rings. The number of fused-ring (bicyclic) bond motifs is 1. The van der Waals surface area contributed by atoms with Gasteiger partial charge in [0.15, 0.2) is 0 Å². The lowest BCUT2D eigenvalue weighted by Gasteiger charge is -2.18. The first-order chi connectivity index (χ1) is 17.9. The van der Waals surface area contributed by atoms with Crippen molar-refractivity contribution in [2.45, 2.75) is 18.7 Å². The minimum Gasteiger partial charge on any atom is -0.389 e. The van der Waals surface area contributed by atoms with Crippen molar-refractivity contribution in [3.05, 3.63) is 111 Å². The number of nitrogens with one attached hydrogen (secondary N) is 1. The van der Waals surface area contributed by atoms with Gasteiger partial charge in [0.1, 0.15) is 5.82 Å². The Morgan fingerprint density at radius 2 is 1.86 bits per heavy atom. The largest absolute Gasteiger partial charge is 0.414 e. The Kier molecular flexibility index (Phi) is 7.55. The number of hydrogen-bond donors (Lipinski definition) is 1. The minimum atomic E-state index is -0.606. The van der Waals surface area contributed by atoms with Crippen LogP contribution in [0, 0.1) is 5.82 Å². The Labute approximate surface area is 228 Å². The van der Waals surface area contributed by atoms with E-state index in [1.54, 1.807) is 46.8 Å².